The molecule has 1 amide bonds. The smallest absolute Gasteiger partial charge is 0.239 e. The number of fused-ring (bicyclic) bond motifs is 2. The maximum atomic E-state index is 12.8. The average molecular weight is 393 g/mol. The van der Waals surface area contributed by atoms with Gasteiger partial charge < -0.3 is 14.5 Å². The lowest BCUT2D eigenvalue weighted by molar-refractivity contribution is -0.121. The summed E-state index contributed by atoms with van der Waals surface area (Å²) >= 11 is 5.09. The molecule has 0 bridgehead atoms. The highest BCUT2D eigenvalue weighted by Gasteiger charge is 2.13. The van der Waals surface area contributed by atoms with Gasteiger partial charge in [-0.25, -0.2) is 0 Å². The molecule has 0 saturated heterocycles. The Kier molecular flexibility index (Phi) is 4.79. The summed E-state index contributed by atoms with van der Waals surface area (Å²) in [5.41, 5.74) is 1.47. The van der Waals surface area contributed by atoms with Crippen LogP contribution in [-0.2, 0) is 24.8 Å². The molecule has 0 aliphatic rings. The molecule has 2 N–H and O–H groups in total. The van der Waals surface area contributed by atoms with Crippen molar-refractivity contribution < 1.29 is 4.79 Å². The van der Waals surface area contributed by atoms with Crippen LogP contribution in [0.25, 0.3) is 21.8 Å². The molecule has 2 heterocycles. The van der Waals surface area contributed by atoms with Crippen LogP contribution in [0.5, 0.6) is 0 Å². The minimum atomic E-state index is -0.129. The van der Waals surface area contributed by atoms with Gasteiger partial charge in [-0.05, 0) is 36.5 Å². The summed E-state index contributed by atoms with van der Waals surface area (Å²) in [5, 5.41) is 11.0. The third kappa shape index (κ3) is 3.22. The van der Waals surface area contributed by atoms with Gasteiger partial charge in [0.25, 0.3) is 0 Å². The molecule has 142 valence electrons. The van der Waals surface area contributed by atoms with E-state index in [1.54, 1.807) is 16.7 Å². The van der Waals surface area contributed by atoms with E-state index in [1.807, 2.05) is 48.0 Å². The molecule has 0 radical (unpaired) electrons. The van der Waals surface area contributed by atoms with Gasteiger partial charge in [-0.3, -0.25) is 14.7 Å². The Morgan fingerprint density at radius 2 is 1.71 bits per heavy atom. The van der Waals surface area contributed by atoms with Gasteiger partial charge in [-0.1, -0.05) is 24.3 Å². The zero-order chi connectivity index (χ0) is 19.7. The molecule has 0 aliphatic carbocycles. The Bertz CT molecular complexity index is 1240. The molecule has 0 aliphatic heterocycles. The van der Waals surface area contributed by atoms with Crippen LogP contribution in [0, 0.1) is 4.77 Å². The van der Waals surface area contributed by atoms with E-state index in [0.717, 1.165) is 16.9 Å². The van der Waals surface area contributed by atoms with E-state index in [1.165, 1.54) is 0 Å². The summed E-state index contributed by atoms with van der Waals surface area (Å²) in [6.07, 6.45) is 0.570. The van der Waals surface area contributed by atoms with Crippen molar-refractivity contribution in [3.8, 4) is 0 Å². The number of para-hydroxylation sites is 2. The highest BCUT2D eigenvalue weighted by molar-refractivity contribution is 7.71. The number of nitrogens with one attached hydrogen (secondary N) is 2. The highest BCUT2D eigenvalue weighted by atomic mass is 32.1. The predicted octanol–water partition coefficient (Wildman–Crippen LogP) is 2.30. The fourth-order valence-electron chi connectivity index (χ4n) is 3.36. The maximum absolute atomic E-state index is 12.8. The van der Waals surface area contributed by atoms with Crippen LogP contribution in [-0.4, -0.2) is 31.8 Å². The molecule has 0 saturated carbocycles. The largest absolute Gasteiger partial charge is 0.354 e. The zero-order valence-corrected chi connectivity index (χ0v) is 16.1. The average Bonchev–Trinajstić information content (AvgIpc) is 3.03. The maximum Gasteiger partial charge on any atom is 0.239 e. The summed E-state index contributed by atoms with van der Waals surface area (Å²) in [4.78, 5) is 25.4. The predicted molar refractivity (Wildman–Crippen MR) is 111 cm³/mol. The fraction of sp³-hybridized carbons (Fsp3) is 0.200. The lowest BCUT2D eigenvalue weighted by atomic mass is 10.1. The molecule has 8 heteroatoms. The van der Waals surface area contributed by atoms with E-state index in [9.17, 15) is 9.59 Å². The quantitative estimate of drug-likeness (QED) is 0.403. The number of aromatic nitrogens is 4. The lowest BCUT2D eigenvalue weighted by Crippen LogP contribution is -2.30. The molecule has 2 aromatic heterocycles. The van der Waals surface area contributed by atoms with Crippen LogP contribution in [0.4, 0.5) is 0 Å². The number of benzene rings is 2. The first-order valence-corrected chi connectivity index (χ1v) is 9.34. The van der Waals surface area contributed by atoms with E-state index < -0.39 is 0 Å². The molecule has 0 fully saturated rings. The summed E-state index contributed by atoms with van der Waals surface area (Å²) in [6, 6.07) is 14.7. The van der Waals surface area contributed by atoms with Crippen LogP contribution in [0.1, 0.15) is 5.82 Å². The highest BCUT2D eigenvalue weighted by Crippen LogP contribution is 2.18. The molecule has 0 unspecified atom stereocenters. The Morgan fingerprint density at radius 1 is 1.11 bits per heavy atom. The summed E-state index contributed by atoms with van der Waals surface area (Å²) < 4.78 is 4.22. The van der Waals surface area contributed by atoms with Crippen molar-refractivity contribution in [1.29, 1.82) is 0 Å². The molecule has 0 atom stereocenters. The number of carbonyl (C=O) groups excluding carboxylic acids is 1. The number of pyridine rings is 1. The first-order valence-electron chi connectivity index (χ1n) is 8.93. The summed E-state index contributed by atoms with van der Waals surface area (Å²) in [6.45, 7) is 0.572. The van der Waals surface area contributed by atoms with Crippen molar-refractivity contribution in [2.45, 2.75) is 13.0 Å². The normalized spacial score (nSPS) is 11.2. The number of nitrogens with zero attached hydrogens (tertiary/aromatic N) is 3. The molecule has 4 aromatic rings. The number of rotatable bonds is 5. The first-order chi connectivity index (χ1) is 13.6. The second-order valence-electron chi connectivity index (χ2n) is 6.55. The van der Waals surface area contributed by atoms with Gasteiger partial charge in [-0.2, -0.15) is 5.10 Å². The molecular formula is C20H19N5O2S. The van der Waals surface area contributed by atoms with Crippen molar-refractivity contribution >= 4 is 39.9 Å². The Balaban J connectivity index is 1.60. The van der Waals surface area contributed by atoms with E-state index >= 15 is 0 Å². The zero-order valence-electron chi connectivity index (χ0n) is 15.3. The first kappa shape index (κ1) is 18.1. The van der Waals surface area contributed by atoms with E-state index in [-0.39, 0.29) is 17.9 Å². The minimum absolute atomic E-state index is 0.0198. The number of amides is 1. The second-order valence-corrected chi connectivity index (χ2v) is 6.94. The molecule has 2 aromatic carbocycles. The minimum Gasteiger partial charge on any atom is -0.354 e. The van der Waals surface area contributed by atoms with Crippen LogP contribution >= 0.6 is 12.2 Å². The number of hydrogen-bond donors (Lipinski definition) is 2. The van der Waals surface area contributed by atoms with Crippen molar-refractivity contribution in [2.75, 3.05) is 6.54 Å². The molecular weight excluding hydrogens is 374 g/mol. The van der Waals surface area contributed by atoms with Crippen LogP contribution < -0.4 is 10.7 Å². The standard InChI is InChI=1S/C20H19N5O2S/c1-24-17(22-23-20(24)28)10-11-21-18(26)12-25-15-8-4-2-6-13(15)19(27)14-7-3-5-9-16(14)25/h2-9H,10-12H2,1H3,(H,21,26)(H,23,28). The van der Waals surface area contributed by atoms with Crippen molar-refractivity contribution in [2.24, 2.45) is 7.05 Å². The van der Waals surface area contributed by atoms with Gasteiger partial charge in [0.2, 0.25) is 5.91 Å². The summed E-state index contributed by atoms with van der Waals surface area (Å²) in [5.74, 6) is 0.653. The number of H-pyrrole nitrogens is 1. The lowest BCUT2D eigenvalue weighted by Gasteiger charge is -2.15. The van der Waals surface area contributed by atoms with E-state index in [4.69, 9.17) is 12.2 Å². The van der Waals surface area contributed by atoms with Crippen molar-refractivity contribution in [3.63, 3.8) is 0 Å². The summed E-state index contributed by atoms with van der Waals surface area (Å²) in [7, 11) is 1.83. The molecule has 0 spiro atoms. The number of carbonyl (C=O) groups is 1. The Labute approximate surface area is 165 Å². The number of aromatic amines is 1. The molecule has 4 rings (SSSR count). The second kappa shape index (κ2) is 7.40. The third-order valence-corrected chi connectivity index (χ3v) is 5.19. The Morgan fingerprint density at radius 3 is 2.29 bits per heavy atom. The van der Waals surface area contributed by atoms with Gasteiger partial charge in [0.1, 0.15) is 12.4 Å². The third-order valence-electron chi connectivity index (χ3n) is 4.82. The fourth-order valence-corrected chi connectivity index (χ4v) is 3.51. The van der Waals surface area contributed by atoms with Crippen molar-refractivity contribution in [3.05, 3.63) is 69.3 Å². The SMILES string of the molecule is Cn1c(CCNC(=O)Cn2c3ccccc3c(=O)c3ccccc32)n[nH]c1=S. The van der Waals surface area contributed by atoms with Gasteiger partial charge >= 0.3 is 0 Å². The monoisotopic (exact) mass is 393 g/mol. The van der Waals surface area contributed by atoms with Gasteiger partial charge in [0.15, 0.2) is 10.2 Å². The van der Waals surface area contributed by atoms with Gasteiger partial charge in [0.05, 0.1) is 11.0 Å². The van der Waals surface area contributed by atoms with Gasteiger partial charge in [-0.15, -0.1) is 0 Å². The van der Waals surface area contributed by atoms with Gasteiger partial charge in [0, 0.05) is 30.8 Å². The van der Waals surface area contributed by atoms with Crippen LogP contribution in [0.15, 0.2) is 53.3 Å². The van der Waals surface area contributed by atoms with Crippen molar-refractivity contribution in [1.82, 2.24) is 24.6 Å². The molecule has 7 nitrogen and oxygen atoms in total. The van der Waals surface area contributed by atoms with Crippen LogP contribution in [0.2, 0.25) is 0 Å². The molecule has 28 heavy (non-hydrogen) atoms. The van der Waals surface area contributed by atoms with E-state index in [2.05, 4.69) is 15.5 Å². The Hall–Kier alpha value is -3.26. The topological polar surface area (TPSA) is 84.7 Å². The van der Waals surface area contributed by atoms with Crippen LogP contribution in [0.3, 0.4) is 0 Å². The number of hydrogen-bond acceptors (Lipinski definition) is 4. The van der Waals surface area contributed by atoms with E-state index in [0.29, 0.717) is 28.5 Å².